The molecule has 0 bridgehead atoms. The summed E-state index contributed by atoms with van der Waals surface area (Å²) in [5.74, 6) is 1.61. The van der Waals surface area contributed by atoms with Gasteiger partial charge < -0.3 is 9.64 Å². The second-order valence-corrected chi connectivity index (χ2v) is 7.65. The van der Waals surface area contributed by atoms with Crippen LogP contribution in [0.25, 0.3) is 0 Å². The number of ether oxygens (including phenoxy) is 1. The van der Waals surface area contributed by atoms with E-state index in [-0.39, 0.29) is 6.04 Å². The number of aromatic nitrogens is 2. The Labute approximate surface area is 144 Å². The number of hydrogen-bond donors (Lipinski definition) is 2. The van der Waals surface area contributed by atoms with Crippen molar-refractivity contribution in [3.8, 4) is 0 Å². The van der Waals surface area contributed by atoms with Crippen LogP contribution >= 0.6 is 0 Å². The van der Waals surface area contributed by atoms with Gasteiger partial charge in [-0.3, -0.25) is 5.43 Å². The molecule has 4 unspecified atom stereocenters. The molecule has 0 spiro atoms. The maximum atomic E-state index is 6.09. The van der Waals surface area contributed by atoms with Crippen LogP contribution in [0.2, 0.25) is 0 Å². The Bertz CT molecular complexity index is 560. The molecular formula is C18H29N5O. The SMILES string of the molecule is CC(C)OC1CCC2NNC(c3cc(N4CCCC4)ncn3)C2C1. The topological polar surface area (TPSA) is 62.3 Å². The number of hydrogen-bond acceptors (Lipinski definition) is 6. The average molecular weight is 331 g/mol. The van der Waals surface area contributed by atoms with E-state index in [9.17, 15) is 0 Å². The molecule has 3 aliphatic rings. The standard InChI is InChI=1S/C18H29N5O/c1-12(2)24-13-5-6-15-14(9-13)18(22-21-15)16-10-17(20-11-19-16)23-7-3-4-8-23/h10-15,18,21-22H,3-9H2,1-2H3. The summed E-state index contributed by atoms with van der Waals surface area (Å²) >= 11 is 0. The van der Waals surface area contributed by atoms with Gasteiger partial charge in [0, 0.05) is 31.1 Å². The molecule has 3 heterocycles. The number of fused-ring (bicyclic) bond motifs is 1. The zero-order valence-corrected chi connectivity index (χ0v) is 14.7. The van der Waals surface area contributed by atoms with E-state index in [2.05, 4.69) is 45.6 Å². The quantitative estimate of drug-likeness (QED) is 0.882. The minimum absolute atomic E-state index is 0.248. The highest BCUT2D eigenvalue weighted by atomic mass is 16.5. The minimum Gasteiger partial charge on any atom is -0.376 e. The molecule has 1 saturated carbocycles. The van der Waals surface area contributed by atoms with Gasteiger partial charge in [-0.05, 0) is 46.0 Å². The van der Waals surface area contributed by atoms with Crippen molar-refractivity contribution in [3.05, 3.63) is 18.1 Å². The van der Waals surface area contributed by atoms with E-state index in [0.717, 1.165) is 43.9 Å². The monoisotopic (exact) mass is 331 g/mol. The number of nitrogens with zero attached hydrogens (tertiary/aromatic N) is 3. The van der Waals surface area contributed by atoms with Crippen LogP contribution in [0.3, 0.4) is 0 Å². The van der Waals surface area contributed by atoms with Crippen LogP contribution in [0.1, 0.15) is 57.7 Å². The van der Waals surface area contributed by atoms with E-state index < -0.39 is 0 Å². The molecule has 4 atom stereocenters. The van der Waals surface area contributed by atoms with Gasteiger partial charge >= 0.3 is 0 Å². The molecule has 1 aromatic rings. The highest BCUT2D eigenvalue weighted by Crippen LogP contribution is 2.39. The van der Waals surface area contributed by atoms with E-state index in [4.69, 9.17) is 4.74 Å². The molecule has 2 saturated heterocycles. The van der Waals surface area contributed by atoms with Gasteiger partial charge in [-0.25, -0.2) is 15.4 Å². The van der Waals surface area contributed by atoms with Gasteiger partial charge in [0.15, 0.2) is 0 Å². The predicted octanol–water partition coefficient (Wildman–Crippen LogP) is 2.19. The Morgan fingerprint density at radius 3 is 2.79 bits per heavy atom. The summed E-state index contributed by atoms with van der Waals surface area (Å²) in [7, 11) is 0. The van der Waals surface area contributed by atoms with Crippen LogP contribution in [-0.4, -0.2) is 41.3 Å². The number of rotatable bonds is 4. The molecule has 3 fully saturated rings. The molecule has 0 radical (unpaired) electrons. The van der Waals surface area contributed by atoms with E-state index in [0.29, 0.717) is 24.2 Å². The maximum absolute atomic E-state index is 6.09. The van der Waals surface area contributed by atoms with Crippen molar-refractivity contribution in [1.29, 1.82) is 0 Å². The molecule has 132 valence electrons. The molecule has 2 N–H and O–H groups in total. The van der Waals surface area contributed by atoms with Gasteiger partial charge in [0.2, 0.25) is 0 Å². The number of nitrogens with one attached hydrogen (secondary N) is 2. The van der Waals surface area contributed by atoms with Crippen LogP contribution in [0.5, 0.6) is 0 Å². The molecule has 4 rings (SSSR count). The van der Waals surface area contributed by atoms with Gasteiger partial charge in [-0.2, -0.15) is 0 Å². The fourth-order valence-corrected chi connectivity index (χ4v) is 4.47. The van der Waals surface area contributed by atoms with Gasteiger partial charge in [-0.15, -0.1) is 0 Å². The summed E-state index contributed by atoms with van der Waals surface area (Å²) in [6, 6.07) is 2.95. The van der Waals surface area contributed by atoms with E-state index in [1.54, 1.807) is 6.33 Å². The third-order valence-electron chi connectivity index (χ3n) is 5.59. The molecule has 24 heavy (non-hydrogen) atoms. The Morgan fingerprint density at radius 2 is 2.00 bits per heavy atom. The normalized spacial score (nSPS) is 33.2. The summed E-state index contributed by atoms with van der Waals surface area (Å²) in [5, 5.41) is 0. The highest BCUT2D eigenvalue weighted by molar-refractivity contribution is 5.40. The van der Waals surface area contributed by atoms with E-state index in [1.807, 2.05) is 0 Å². The first-order chi connectivity index (χ1) is 11.7. The molecular weight excluding hydrogens is 302 g/mol. The molecule has 1 aliphatic carbocycles. The first-order valence-corrected chi connectivity index (χ1v) is 9.44. The average Bonchev–Trinajstić information content (AvgIpc) is 3.24. The lowest BCUT2D eigenvalue weighted by atomic mass is 9.79. The Balaban J connectivity index is 1.50. The van der Waals surface area contributed by atoms with Crippen molar-refractivity contribution >= 4 is 5.82 Å². The van der Waals surface area contributed by atoms with Gasteiger partial charge in [0.1, 0.15) is 12.1 Å². The largest absolute Gasteiger partial charge is 0.376 e. The fraction of sp³-hybridized carbons (Fsp3) is 0.778. The van der Waals surface area contributed by atoms with Crippen LogP contribution in [-0.2, 0) is 4.74 Å². The molecule has 1 aromatic heterocycles. The molecule has 6 heteroatoms. The lowest BCUT2D eigenvalue weighted by Gasteiger charge is -2.34. The van der Waals surface area contributed by atoms with Crippen LogP contribution in [0.4, 0.5) is 5.82 Å². The molecule has 6 nitrogen and oxygen atoms in total. The third kappa shape index (κ3) is 3.27. The minimum atomic E-state index is 0.248. The summed E-state index contributed by atoms with van der Waals surface area (Å²) in [4.78, 5) is 11.5. The Kier molecular flexibility index (Phi) is 4.70. The molecule has 0 amide bonds. The number of anilines is 1. The summed E-state index contributed by atoms with van der Waals surface area (Å²) in [6.45, 7) is 6.48. The van der Waals surface area contributed by atoms with Gasteiger partial charge in [0.25, 0.3) is 0 Å². The van der Waals surface area contributed by atoms with Crippen molar-refractivity contribution in [2.45, 2.75) is 70.2 Å². The summed E-state index contributed by atoms with van der Waals surface area (Å²) in [5.41, 5.74) is 8.09. The van der Waals surface area contributed by atoms with E-state index in [1.165, 1.54) is 12.8 Å². The third-order valence-corrected chi connectivity index (χ3v) is 5.59. The predicted molar refractivity (Wildman–Crippen MR) is 93.6 cm³/mol. The second-order valence-electron chi connectivity index (χ2n) is 7.65. The van der Waals surface area contributed by atoms with Crippen molar-refractivity contribution in [3.63, 3.8) is 0 Å². The summed E-state index contributed by atoms with van der Waals surface area (Å²) in [6.07, 6.45) is 8.32. The second kappa shape index (κ2) is 6.94. The van der Waals surface area contributed by atoms with Gasteiger partial charge in [0.05, 0.1) is 23.9 Å². The lowest BCUT2D eigenvalue weighted by Crippen LogP contribution is -2.38. The van der Waals surface area contributed by atoms with E-state index >= 15 is 0 Å². The van der Waals surface area contributed by atoms with Crippen molar-refractivity contribution in [2.75, 3.05) is 18.0 Å². The first kappa shape index (κ1) is 16.2. The number of hydrazine groups is 1. The van der Waals surface area contributed by atoms with Crippen molar-refractivity contribution in [2.24, 2.45) is 5.92 Å². The zero-order chi connectivity index (χ0) is 16.5. The molecule has 2 aliphatic heterocycles. The molecule has 0 aromatic carbocycles. The van der Waals surface area contributed by atoms with Crippen molar-refractivity contribution < 1.29 is 4.74 Å². The van der Waals surface area contributed by atoms with Crippen LogP contribution in [0, 0.1) is 5.92 Å². The first-order valence-electron chi connectivity index (χ1n) is 9.44. The fourth-order valence-electron chi connectivity index (χ4n) is 4.47. The van der Waals surface area contributed by atoms with Crippen LogP contribution in [0.15, 0.2) is 12.4 Å². The zero-order valence-electron chi connectivity index (χ0n) is 14.7. The summed E-state index contributed by atoms with van der Waals surface area (Å²) < 4.78 is 6.09. The van der Waals surface area contributed by atoms with Crippen molar-refractivity contribution in [1.82, 2.24) is 20.8 Å². The maximum Gasteiger partial charge on any atom is 0.132 e. The smallest absolute Gasteiger partial charge is 0.132 e. The van der Waals surface area contributed by atoms with Gasteiger partial charge in [-0.1, -0.05) is 0 Å². The Morgan fingerprint density at radius 1 is 1.17 bits per heavy atom. The Hall–Kier alpha value is -1.24. The lowest BCUT2D eigenvalue weighted by molar-refractivity contribution is -0.0276. The van der Waals surface area contributed by atoms with Crippen LogP contribution < -0.4 is 15.8 Å². The highest BCUT2D eigenvalue weighted by Gasteiger charge is 2.42.